The number of carbonyl (C=O) groups excluding carboxylic acids is 2. The highest BCUT2D eigenvalue weighted by atomic mass is 32.2. The van der Waals surface area contributed by atoms with Crippen molar-refractivity contribution in [1.29, 1.82) is 0 Å². The van der Waals surface area contributed by atoms with Crippen molar-refractivity contribution in [1.82, 2.24) is 5.32 Å². The van der Waals surface area contributed by atoms with Gasteiger partial charge < -0.3 is 5.32 Å². The number of fused-ring (bicyclic) bond motifs is 3. The molecule has 3 aliphatic rings. The normalized spacial score (nSPS) is 35.3. The molecule has 0 aromatic heterocycles. The molecule has 0 bridgehead atoms. The second-order valence-corrected chi connectivity index (χ2v) is 9.11. The second-order valence-electron chi connectivity index (χ2n) is 7.66. The minimum atomic E-state index is -1.19. The van der Waals surface area contributed by atoms with E-state index in [1.165, 1.54) is 0 Å². The summed E-state index contributed by atoms with van der Waals surface area (Å²) in [6.45, 7) is 3.95. The molecule has 1 aliphatic heterocycles. The van der Waals surface area contributed by atoms with Crippen molar-refractivity contribution >= 4 is 22.4 Å². The fourth-order valence-corrected chi connectivity index (χ4v) is 6.42. The Morgan fingerprint density at radius 3 is 2.64 bits per heavy atom. The molecule has 1 heterocycles. The molecule has 1 saturated carbocycles. The Morgan fingerprint density at radius 1 is 1.20 bits per heavy atom. The molecule has 1 N–H and O–H groups in total. The van der Waals surface area contributed by atoms with Crippen LogP contribution in [0.25, 0.3) is 0 Å². The van der Waals surface area contributed by atoms with Crippen molar-refractivity contribution in [2.45, 2.75) is 49.6 Å². The lowest BCUT2D eigenvalue weighted by molar-refractivity contribution is -0.123. The number of allylic oxidation sites excluding steroid dienone is 1. The Morgan fingerprint density at radius 2 is 1.92 bits per heavy atom. The van der Waals surface area contributed by atoms with Crippen LogP contribution in [-0.2, 0) is 20.4 Å². The average Bonchev–Trinajstić information content (AvgIpc) is 3.07. The first kappa shape index (κ1) is 16.9. The van der Waals surface area contributed by atoms with Crippen molar-refractivity contribution < 1.29 is 13.8 Å². The van der Waals surface area contributed by atoms with E-state index in [2.05, 4.69) is 5.32 Å². The molecule has 2 fully saturated rings. The van der Waals surface area contributed by atoms with E-state index in [1.54, 1.807) is 6.08 Å². The molecule has 2 aliphatic carbocycles. The number of aryl methyl sites for hydroxylation is 1. The topological polar surface area (TPSA) is 63.2 Å². The summed E-state index contributed by atoms with van der Waals surface area (Å²) in [5.74, 6) is 0.577. The predicted molar refractivity (Wildman–Crippen MR) is 96.7 cm³/mol. The lowest BCUT2D eigenvalue weighted by Gasteiger charge is -2.40. The van der Waals surface area contributed by atoms with E-state index in [0.29, 0.717) is 18.6 Å². The molecule has 0 amide bonds. The van der Waals surface area contributed by atoms with Gasteiger partial charge in [-0.25, -0.2) is 0 Å². The van der Waals surface area contributed by atoms with Gasteiger partial charge in [0.25, 0.3) is 0 Å². The molecule has 25 heavy (non-hydrogen) atoms. The van der Waals surface area contributed by atoms with Crippen LogP contribution in [0.2, 0.25) is 0 Å². The van der Waals surface area contributed by atoms with E-state index < -0.39 is 16.3 Å². The van der Waals surface area contributed by atoms with E-state index in [4.69, 9.17) is 0 Å². The van der Waals surface area contributed by atoms with Crippen LogP contribution in [0.3, 0.4) is 0 Å². The summed E-state index contributed by atoms with van der Waals surface area (Å²) < 4.78 is 13.1. The van der Waals surface area contributed by atoms with Crippen molar-refractivity contribution in [3.63, 3.8) is 0 Å². The average molecular weight is 357 g/mol. The number of carbonyl (C=O) groups is 2. The van der Waals surface area contributed by atoms with Crippen LogP contribution < -0.4 is 5.32 Å². The highest BCUT2D eigenvalue weighted by molar-refractivity contribution is 7.85. The Labute approximate surface area is 150 Å². The van der Waals surface area contributed by atoms with Gasteiger partial charge in [-0.05, 0) is 44.1 Å². The highest BCUT2D eigenvalue weighted by Gasteiger charge is 2.60. The summed E-state index contributed by atoms with van der Waals surface area (Å²) in [6, 6.07) is 7.86. The number of rotatable bonds is 3. The zero-order valence-corrected chi connectivity index (χ0v) is 15.4. The standard InChI is InChI=1S/C20H23NO3S/c1-12-3-5-15(6-4-12)25(24)11-20-13(2)9-14(22)10-16(20)19-17(21-20)7-8-18(19)23/h3-6,9,16-17,19,21H,7-8,10-11H2,1-2H3/t16-,17-,19-,20-,25?/m1/s1. The molecule has 0 spiro atoms. The van der Waals surface area contributed by atoms with Gasteiger partial charge in [-0.15, -0.1) is 0 Å². The number of benzene rings is 1. The van der Waals surface area contributed by atoms with Crippen LogP contribution >= 0.6 is 0 Å². The molecular weight excluding hydrogens is 334 g/mol. The van der Waals surface area contributed by atoms with Crippen molar-refractivity contribution in [3.8, 4) is 0 Å². The van der Waals surface area contributed by atoms with Crippen molar-refractivity contribution in [2.75, 3.05) is 5.75 Å². The molecule has 5 atom stereocenters. The summed E-state index contributed by atoms with van der Waals surface area (Å²) in [4.78, 5) is 25.4. The molecule has 1 aromatic carbocycles. The zero-order valence-electron chi connectivity index (χ0n) is 14.6. The van der Waals surface area contributed by atoms with Crippen molar-refractivity contribution in [3.05, 3.63) is 41.5 Å². The number of Topliss-reactive ketones (excluding diaryl/α,β-unsaturated/α-hetero) is 1. The molecule has 1 unspecified atom stereocenters. The Bertz CT molecular complexity index is 798. The van der Waals surface area contributed by atoms with Crippen molar-refractivity contribution in [2.24, 2.45) is 11.8 Å². The fourth-order valence-electron chi connectivity index (χ4n) is 4.88. The van der Waals surface area contributed by atoms with Gasteiger partial charge in [0.1, 0.15) is 5.78 Å². The molecule has 4 rings (SSSR count). The van der Waals surface area contributed by atoms with Crippen LogP contribution in [0.5, 0.6) is 0 Å². The SMILES string of the molecule is CC1=CC(=O)C[C@@H]2[C@H]3C(=O)CC[C@H]3N[C@]12CS(=O)c1ccc(C)cc1. The van der Waals surface area contributed by atoms with E-state index in [-0.39, 0.29) is 29.4 Å². The summed E-state index contributed by atoms with van der Waals surface area (Å²) in [6.07, 6.45) is 3.47. The number of hydrogen-bond donors (Lipinski definition) is 1. The van der Waals surface area contributed by atoms with Gasteiger partial charge in [-0.3, -0.25) is 13.8 Å². The van der Waals surface area contributed by atoms with E-state index in [0.717, 1.165) is 22.5 Å². The molecule has 1 saturated heterocycles. The lowest BCUT2D eigenvalue weighted by atomic mass is 9.70. The quantitative estimate of drug-likeness (QED) is 0.902. The number of ketones is 2. The zero-order chi connectivity index (χ0) is 17.8. The van der Waals surface area contributed by atoms with Gasteiger partial charge in [0, 0.05) is 35.6 Å². The van der Waals surface area contributed by atoms with Gasteiger partial charge in [-0.2, -0.15) is 0 Å². The number of nitrogens with one attached hydrogen (secondary N) is 1. The van der Waals surface area contributed by atoms with E-state index in [1.807, 2.05) is 38.1 Å². The summed E-state index contributed by atoms with van der Waals surface area (Å²) in [5.41, 5.74) is 1.56. The molecular formula is C20H23NO3S. The molecule has 132 valence electrons. The predicted octanol–water partition coefficient (Wildman–Crippen LogP) is 2.33. The van der Waals surface area contributed by atoms with Gasteiger partial charge in [0.2, 0.25) is 0 Å². The van der Waals surface area contributed by atoms with Crippen LogP contribution in [0.15, 0.2) is 40.8 Å². The largest absolute Gasteiger partial charge is 0.303 e. The minimum absolute atomic E-state index is 0.0700. The van der Waals surface area contributed by atoms with Gasteiger partial charge in [0.05, 0.1) is 22.1 Å². The molecule has 4 nitrogen and oxygen atoms in total. The van der Waals surface area contributed by atoms with Crippen LogP contribution in [0.1, 0.15) is 31.7 Å². The Hall–Kier alpha value is -1.59. The highest BCUT2D eigenvalue weighted by Crippen LogP contribution is 2.49. The first-order chi connectivity index (χ1) is 11.9. The first-order valence-corrected chi connectivity index (χ1v) is 10.2. The fraction of sp³-hybridized carbons (Fsp3) is 0.500. The maximum Gasteiger partial charge on any atom is 0.156 e. The first-order valence-electron chi connectivity index (χ1n) is 8.88. The maximum absolute atomic E-state index is 13.1. The minimum Gasteiger partial charge on any atom is -0.303 e. The Kier molecular flexibility index (Phi) is 4.04. The third kappa shape index (κ3) is 2.64. The van der Waals surface area contributed by atoms with Gasteiger partial charge in [-0.1, -0.05) is 17.7 Å². The van der Waals surface area contributed by atoms with E-state index >= 15 is 0 Å². The molecule has 0 radical (unpaired) electrons. The maximum atomic E-state index is 13.1. The molecule has 5 heteroatoms. The summed E-state index contributed by atoms with van der Waals surface area (Å²) in [7, 11) is -1.19. The van der Waals surface area contributed by atoms with E-state index in [9.17, 15) is 13.8 Å². The van der Waals surface area contributed by atoms with Gasteiger partial charge in [0.15, 0.2) is 5.78 Å². The third-order valence-corrected chi connectivity index (χ3v) is 7.68. The number of hydrogen-bond acceptors (Lipinski definition) is 4. The second kappa shape index (κ2) is 5.99. The molecule has 1 aromatic rings. The summed E-state index contributed by atoms with van der Waals surface area (Å²) in [5, 5.41) is 3.65. The lowest BCUT2D eigenvalue weighted by Crippen LogP contribution is -2.54. The third-order valence-electron chi connectivity index (χ3n) is 6.16. The summed E-state index contributed by atoms with van der Waals surface area (Å²) >= 11 is 0. The van der Waals surface area contributed by atoms with Crippen LogP contribution in [0.4, 0.5) is 0 Å². The van der Waals surface area contributed by atoms with Crippen LogP contribution in [0, 0.1) is 18.8 Å². The Balaban J connectivity index is 1.70. The smallest absolute Gasteiger partial charge is 0.156 e. The van der Waals surface area contributed by atoms with Gasteiger partial charge >= 0.3 is 0 Å². The van der Waals surface area contributed by atoms with Crippen LogP contribution in [-0.4, -0.2) is 33.1 Å². The monoisotopic (exact) mass is 357 g/mol.